The summed E-state index contributed by atoms with van der Waals surface area (Å²) >= 11 is 0. The van der Waals surface area contributed by atoms with Crippen LogP contribution < -0.4 is 0 Å². The molecule has 12 heavy (non-hydrogen) atoms. The van der Waals surface area contributed by atoms with E-state index in [1.54, 1.807) is 0 Å². The van der Waals surface area contributed by atoms with E-state index in [9.17, 15) is 0 Å². The Bertz CT molecular complexity index is 140. The van der Waals surface area contributed by atoms with Crippen LogP contribution in [0, 0.1) is 5.92 Å². The molecular formula is C11H23N. The summed E-state index contributed by atoms with van der Waals surface area (Å²) in [5, 5.41) is 0. The molecule has 0 aromatic carbocycles. The summed E-state index contributed by atoms with van der Waals surface area (Å²) in [6.07, 6.45) is 1.30. The van der Waals surface area contributed by atoms with Gasteiger partial charge in [-0.3, -0.25) is 4.90 Å². The minimum atomic E-state index is 0.648. The zero-order chi connectivity index (χ0) is 9.72. The lowest BCUT2D eigenvalue weighted by Crippen LogP contribution is -2.25. The van der Waals surface area contributed by atoms with Crippen molar-refractivity contribution >= 4 is 0 Å². The van der Waals surface area contributed by atoms with Gasteiger partial charge in [-0.15, -0.1) is 0 Å². The molecule has 0 unspecified atom stereocenters. The molecule has 1 aliphatic heterocycles. The summed E-state index contributed by atoms with van der Waals surface area (Å²) in [6.45, 7) is 13.6. The van der Waals surface area contributed by atoms with Crippen LogP contribution in [0.2, 0.25) is 0 Å². The van der Waals surface area contributed by atoms with Crippen molar-refractivity contribution in [1.82, 2.24) is 4.90 Å². The predicted octanol–water partition coefficient (Wildman–Crippen LogP) is 2.93. The van der Waals surface area contributed by atoms with Crippen LogP contribution in [0.1, 0.15) is 34.1 Å². The van der Waals surface area contributed by atoms with Crippen molar-refractivity contribution in [3.63, 3.8) is 0 Å². The van der Waals surface area contributed by atoms with Gasteiger partial charge in [0.15, 0.2) is 0 Å². The molecule has 0 bridgehead atoms. The first kappa shape index (κ1) is 11.7. The number of hydrogen-bond donors (Lipinski definition) is 0. The Hall–Kier alpha value is -0.300. The van der Waals surface area contributed by atoms with Crippen LogP contribution in [0.5, 0.6) is 0 Å². The molecule has 0 aromatic rings. The second kappa shape index (κ2) is 5.36. The molecule has 0 spiro atoms. The van der Waals surface area contributed by atoms with Gasteiger partial charge in [0.2, 0.25) is 0 Å². The lowest BCUT2D eigenvalue weighted by Gasteiger charge is -2.18. The molecule has 1 aliphatic rings. The van der Waals surface area contributed by atoms with Gasteiger partial charge in [-0.2, -0.15) is 0 Å². The third kappa shape index (κ3) is 2.98. The van der Waals surface area contributed by atoms with E-state index in [1.165, 1.54) is 18.5 Å². The monoisotopic (exact) mass is 169 g/mol. The minimum absolute atomic E-state index is 0.648. The zero-order valence-corrected chi connectivity index (χ0v) is 9.22. The molecule has 1 saturated heterocycles. The molecule has 2 atom stereocenters. The van der Waals surface area contributed by atoms with Gasteiger partial charge >= 0.3 is 0 Å². The largest absolute Gasteiger partial charge is 0.299 e. The first-order valence-corrected chi connectivity index (χ1v) is 4.97. The number of likely N-dealkylation sites (N-methyl/N-ethyl adjacent to an activating group) is 1. The van der Waals surface area contributed by atoms with Crippen molar-refractivity contribution in [2.45, 2.75) is 40.2 Å². The molecule has 72 valence electrons. The minimum Gasteiger partial charge on any atom is -0.299 e. The Morgan fingerprint density at radius 3 is 2.08 bits per heavy atom. The SMILES string of the molecule is C=C(C)[C@@H]1C[C@@H](C)CN1C.CC. The fourth-order valence-corrected chi connectivity index (χ4v) is 1.83. The average molecular weight is 169 g/mol. The maximum absolute atomic E-state index is 3.98. The molecule has 1 rings (SSSR count). The fraction of sp³-hybridized carbons (Fsp3) is 0.818. The zero-order valence-electron chi connectivity index (χ0n) is 9.22. The van der Waals surface area contributed by atoms with Crippen LogP contribution in [0.4, 0.5) is 0 Å². The van der Waals surface area contributed by atoms with Crippen LogP contribution in [0.25, 0.3) is 0 Å². The van der Waals surface area contributed by atoms with Crippen molar-refractivity contribution in [3.05, 3.63) is 12.2 Å². The maximum atomic E-state index is 3.98. The molecule has 0 amide bonds. The van der Waals surface area contributed by atoms with Gasteiger partial charge in [0.1, 0.15) is 0 Å². The molecule has 0 N–H and O–H groups in total. The Labute approximate surface area is 77.5 Å². The van der Waals surface area contributed by atoms with Gasteiger partial charge in [-0.25, -0.2) is 0 Å². The highest BCUT2D eigenvalue weighted by atomic mass is 15.2. The number of likely N-dealkylation sites (tertiary alicyclic amines) is 1. The topological polar surface area (TPSA) is 3.24 Å². The lowest BCUT2D eigenvalue weighted by molar-refractivity contribution is 0.340. The second-order valence-corrected chi connectivity index (χ2v) is 3.64. The van der Waals surface area contributed by atoms with E-state index in [0.29, 0.717) is 6.04 Å². The Morgan fingerprint density at radius 2 is 1.92 bits per heavy atom. The van der Waals surface area contributed by atoms with E-state index >= 15 is 0 Å². The van der Waals surface area contributed by atoms with Crippen molar-refractivity contribution in [3.8, 4) is 0 Å². The molecule has 0 aromatic heterocycles. The Balaban J connectivity index is 0.000000561. The summed E-state index contributed by atoms with van der Waals surface area (Å²) in [4.78, 5) is 2.40. The van der Waals surface area contributed by atoms with Crippen molar-refractivity contribution in [2.24, 2.45) is 5.92 Å². The first-order chi connectivity index (χ1) is 5.61. The van der Waals surface area contributed by atoms with E-state index in [1.807, 2.05) is 13.8 Å². The molecule has 1 heteroatoms. The van der Waals surface area contributed by atoms with E-state index in [4.69, 9.17) is 0 Å². The van der Waals surface area contributed by atoms with Crippen LogP contribution >= 0.6 is 0 Å². The highest BCUT2D eigenvalue weighted by Crippen LogP contribution is 2.24. The molecule has 0 radical (unpaired) electrons. The van der Waals surface area contributed by atoms with Crippen LogP contribution in [0.3, 0.4) is 0 Å². The molecule has 1 fully saturated rings. The summed E-state index contributed by atoms with van der Waals surface area (Å²) in [5.74, 6) is 0.853. The summed E-state index contributed by atoms with van der Waals surface area (Å²) < 4.78 is 0. The third-order valence-electron chi connectivity index (χ3n) is 2.33. The van der Waals surface area contributed by atoms with E-state index in [-0.39, 0.29) is 0 Å². The summed E-state index contributed by atoms with van der Waals surface area (Å²) in [6, 6.07) is 0.648. The normalized spacial score (nSPS) is 29.4. The third-order valence-corrected chi connectivity index (χ3v) is 2.33. The Morgan fingerprint density at radius 1 is 1.42 bits per heavy atom. The van der Waals surface area contributed by atoms with E-state index < -0.39 is 0 Å². The number of hydrogen-bond acceptors (Lipinski definition) is 1. The van der Waals surface area contributed by atoms with Crippen molar-refractivity contribution in [1.29, 1.82) is 0 Å². The molecule has 1 nitrogen and oxygen atoms in total. The quantitative estimate of drug-likeness (QED) is 0.546. The molecule has 1 heterocycles. The number of rotatable bonds is 1. The van der Waals surface area contributed by atoms with E-state index in [0.717, 1.165) is 5.92 Å². The summed E-state index contributed by atoms with van der Waals surface area (Å²) in [7, 11) is 2.18. The van der Waals surface area contributed by atoms with Gasteiger partial charge < -0.3 is 0 Å². The standard InChI is InChI=1S/C9H17N.C2H6/c1-7(2)9-5-8(3)6-10(9)4;1-2/h8-9H,1,5-6H2,2-4H3;1-2H3/t8-,9+;/m1./s1. The van der Waals surface area contributed by atoms with Crippen molar-refractivity contribution < 1.29 is 0 Å². The van der Waals surface area contributed by atoms with Gasteiger partial charge in [0, 0.05) is 12.6 Å². The summed E-state index contributed by atoms with van der Waals surface area (Å²) in [5.41, 5.74) is 1.31. The molecule has 0 saturated carbocycles. The van der Waals surface area contributed by atoms with Gasteiger partial charge in [-0.1, -0.05) is 32.9 Å². The number of nitrogens with zero attached hydrogens (tertiary/aromatic N) is 1. The molecular weight excluding hydrogens is 146 g/mol. The first-order valence-electron chi connectivity index (χ1n) is 4.97. The smallest absolute Gasteiger partial charge is 0.0302 e. The van der Waals surface area contributed by atoms with Crippen molar-refractivity contribution in [2.75, 3.05) is 13.6 Å². The molecule has 0 aliphatic carbocycles. The fourth-order valence-electron chi connectivity index (χ4n) is 1.83. The van der Waals surface area contributed by atoms with Crippen LogP contribution in [0.15, 0.2) is 12.2 Å². The van der Waals surface area contributed by atoms with Crippen LogP contribution in [-0.4, -0.2) is 24.5 Å². The second-order valence-electron chi connectivity index (χ2n) is 3.64. The van der Waals surface area contributed by atoms with Gasteiger partial charge in [0.25, 0.3) is 0 Å². The average Bonchev–Trinajstić information content (AvgIpc) is 2.34. The van der Waals surface area contributed by atoms with E-state index in [2.05, 4.69) is 32.4 Å². The predicted molar refractivity (Wildman–Crippen MR) is 56.4 cm³/mol. The lowest BCUT2D eigenvalue weighted by atomic mass is 10.0. The highest BCUT2D eigenvalue weighted by molar-refractivity contribution is 5.05. The maximum Gasteiger partial charge on any atom is 0.0302 e. The Kier molecular flexibility index (Phi) is 5.23. The van der Waals surface area contributed by atoms with Gasteiger partial charge in [0.05, 0.1) is 0 Å². The highest BCUT2D eigenvalue weighted by Gasteiger charge is 2.26. The van der Waals surface area contributed by atoms with Crippen LogP contribution in [-0.2, 0) is 0 Å². The van der Waals surface area contributed by atoms with Gasteiger partial charge in [-0.05, 0) is 26.3 Å².